The molecule has 158 valence electrons. The van der Waals surface area contributed by atoms with Gasteiger partial charge in [0, 0.05) is 37.6 Å². The topological polar surface area (TPSA) is 115 Å². The predicted octanol–water partition coefficient (Wildman–Crippen LogP) is 0.964. The molecule has 1 aromatic carbocycles. The van der Waals surface area contributed by atoms with E-state index in [0.29, 0.717) is 22.9 Å². The lowest BCUT2D eigenvalue weighted by Crippen LogP contribution is -2.56. The lowest BCUT2D eigenvalue weighted by atomic mass is 10.00. The number of hydrogen-bond donors (Lipinski definition) is 2. The number of carbonyl (C=O) groups is 1. The molecule has 2 atom stereocenters. The van der Waals surface area contributed by atoms with Crippen molar-refractivity contribution in [2.24, 2.45) is 7.05 Å². The number of likely N-dealkylation sites (N-methyl/N-ethyl adjacent to an activating group) is 1. The third-order valence-corrected chi connectivity index (χ3v) is 6.54. The Morgan fingerprint density at radius 2 is 1.93 bits per heavy atom. The van der Waals surface area contributed by atoms with Crippen molar-refractivity contribution >= 4 is 21.8 Å². The highest BCUT2D eigenvalue weighted by molar-refractivity contribution is 7.87. The van der Waals surface area contributed by atoms with Gasteiger partial charge in [0.2, 0.25) is 5.91 Å². The van der Waals surface area contributed by atoms with Gasteiger partial charge in [-0.1, -0.05) is 0 Å². The number of ether oxygens (including phenoxy) is 2. The number of carbonyl (C=O) groups excluding carboxylic acids is 1. The van der Waals surface area contributed by atoms with Gasteiger partial charge in [0.1, 0.15) is 6.04 Å². The van der Waals surface area contributed by atoms with Gasteiger partial charge in [-0.05, 0) is 25.5 Å². The minimum Gasteiger partial charge on any atom is -0.493 e. The average molecular weight is 423 g/mol. The molecule has 11 heteroatoms. The number of amides is 1. The summed E-state index contributed by atoms with van der Waals surface area (Å²) in [4.78, 5) is 12.9. The fraction of sp³-hybridized carbons (Fsp3) is 0.444. The number of methoxy groups -OCH3 is 2. The van der Waals surface area contributed by atoms with Crippen LogP contribution in [0.15, 0.2) is 24.4 Å². The summed E-state index contributed by atoms with van der Waals surface area (Å²) >= 11 is 0. The predicted molar refractivity (Wildman–Crippen MR) is 107 cm³/mol. The van der Waals surface area contributed by atoms with Crippen LogP contribution >= 0.6 is 0 Å². The van der Waals surface area contributed by atoms with Crippen molar-refractivity contribution in [2.75, 3.05) is 26.6 Å². The van der Waals surface area contributed by atoms with Gasteiger partial charge in [0.05, 0.1) is 26.0 Å². The number of hydrogen-bond acceptors (Lipinski definition) is 6. The number of rotatable bonds is 5. The molecule has 1 saturated heterocycles. The zero-order valence-corrected chi connectivity index (χ0v) is 17.8. The van der Waals surface area contributed by atoms with Crippen molar-refractivity contribution in [3.63, 3.8) is 0 Å². The van der Waals surface area contributed by atoms with Gasteiger partial charge >= 0.3 is 0 Å². The third-order valence-electron chi connectivity index (χ3n) is 4.95. The van der Waals surface area contributed by atoms with E-state index in [-0.39, 0.29) is 6.42 Å². The largest absolute Gasteiger partial charge is 0.493 e. The van der Waals surface area contributed by atoms with Crippen LogP contribution in [-0.2, 0) is 22.1 Å². The van der Waals surface area contributed by atoms with Crippen molar-refractivity contribution in [3.05, 3.63) is 35.7 Å². The second-order valence-electron chi connectivity index (χ2n) is 6.85. The molecular formula is C18H25N5O5S. The normalized spacial score (nSPS) is 21.6. The summed E-state index contributed by atoms with van der Waals surface area (Å²) in [5.41, 5.74) is 1.93. The molecule has 29 heavy (non-hydrogen) atoms. The summed E-state index contributed by atoms with van der Waals surface area (Å²) in [6.07, 6.45) is 2.03. The van der Waals surface area contributed by atoms with Crippen molar-refractivity contribution in [1.82, 2.24) is 18.8 Å². The Hall–Kier alpha value is -2.63. The second kappa shape index (κ2) is 8.01. The van der Waals surface area contributed by atoms with Gasteiger partial charge in [-0.15, -0.1) is 0 Å². The van der Waals surface area contributed by atoms with Crippen molar-refractivity contribution in [3.8, 4) is 11.5 Å². The first-order chi connectivity index (χ1) is 13.7. The van der Waals surface area contributed by atoms with Gasteiger partial charge in [-0.2, -0.15) is 22.5 Å². The van der Waals surface area contributed by atoms with Crippen LogP contribution in [0.25, 0.3) is 0 Å². The van der Waals surface area contributed by atoms with Crippen LogP contribution in [-0.4, -0.2) is 55.7 Å². The maximum Gasteiger partial charge on any atom is 0.280 e. The Balaban J connectivity index is 1.85. The number of benzene rings is 1. The van der Waals surface area contributed by atoms with Crippen LogP contribution in [0.1, 0.15) is 23.7 Å². The van der Waals surface area contributed by atoms with Crippen LogP contribution < -0.4 is 19.5 Å². The summed E-state index contributed by atoms with van der Waals surface area (Å²) < 4.78 is 40.9. The van der Waals surface area contributed by atoms with Gasteiger partial charge in [-0.3, -0.25) is 9.48 Å². The first kappa shape index (κ1) is 21.1. The zero-order chi connectivity index (χ0) is 21.3. The number of anilines is 1. The molecule has 10 nitrogen and oxygen atoms in total. The van der Waals surface area contributed by atoms with E-state index in [4.69, 9.17) is 9.47 Å². The van der Waals surface area contributed by atoms with Crippen LogP contribution in [0.3, 0.4) is 0 Å². The third kappa shape index (κ3) is 4.21. The number of aryl methyl sites for hydroxylation is 2. The minimum atomic E-state index is -3.84. The van der Waals surface area contributed by atoms with E-state index in [2.05, 4.69) is 15.1 Å². The average Bonchev–Trinajstić information content (AvgIpc) is 3.01. The van der Waals surface area contributed by atoms with E-state index >= 15 is 0 Å². The standard InChI is InChI=1S/C18H25N5O5S/c1-11-13(10-22(2)20-11)14-9-15(23(3)29(25,26)21-14)18(24)19-12-6-7-16(27-4)17(8-12)28-5/h6-8,10,14-15,21H,9H2,1-5H3,(H,19,24)/t14-,15+/m0/s1. The van der Waals surface area contributed by atoms with E-state index in [0.717, 1.165) is 9.87 Å². The first-order valence-electron chi connectivity index (χ1n) is 8.94. The Bertz CT molecular complexity index is 1020. The van der Waals surface area contributed by atoms with E-state index in [1.165, 1.54) is 21.3 Å². The number of nitrogens with zero attached hydrogens (tertiary/aromatic N) is 3. The Morgan fingerprint density at radius 3 is 2.52 bits per heavy atom. The summed E-state index contributed by atoms with van der Waals surface area (Å²) in [7, 11) is 2.33. The summed E-state index contributed by atoms with van der Waals surface area (Å²) in [6.45, 7) is 1.81. The van der Waals surface area contributed by atoms with Crippen LogP contribution in [0, 0.1) is 6.92 Å². The van der Waals surface area contributed by atoms with Gasteiger partial charge in [-0.25, -0.2) is 0 Å². The maximum absolute atomic E-state index is 12.9. The zero-order valence-electron chi connectivity index (χ0n) is 17.0. The molecule has 1 amide bonds. The summed E-state index contributed by atoms with van der Waals surface area (Å²) in [6, 6.07) is 3.51. The van der Waals surface area contributed by atoms with Crippen LogP contribution in [0.5, 0.6) is 11.5 Å². The molecule has 2 aromatic rings. The molecule has 1 aromatic heterocycles. The molecule has 0 spiro atoms. The lowest BCUT2D eigenvalue weighted by Gasteiger charge is -2.36. The van der Waals surface area contributed by atoms with Gasteiger partial charge < -0.3 is 14.8 Å². The molecule has 0 saturated carbocycles. The van der Waals surface area contributed by atoms with Crippen LogP contribution in [0.4, 0.5) is 5.69 Å². The quantitative estimate of drug-likeness (QED) is 0.740. The van der Waals surface area contributed by atoms with Crippen molar-refractivity contribution in [1.29, 1.82) is 0 Å². The van der Waals surface area contributed by atoms with E-state index in [1.54, 1.807) is 43.0 Å². The molecule has 1 fully saturated rings. The Morgan fingerprint density at radius 1 is 1.24 bits per heavy atom. The van der Waals surface area contributed by atoms with Crippen molar-refractivity contribution in [2.45, 2.75) is 25.4 Å². The summed E-state index contributed by atoms with van der Waals surface area (Å²) in [5.74, 6) is 0.552. The fourth-order valence-corrected chi connectivity index (χ4v) is 4.68. The molecule has 2 N–H and O–H groups in total. The van der Waals surface area contributed by atoms with Gasteiger partial charge in [0.15, 0.2) is 11.5 Å². The molecular weight excluding hydrogens is 398 g/mol. The monoisotopic (exact) mass is 423 g/mol. The molecule has 3 rings (SSSR count). The maximum atomic E-state index is 12.9. The van der Waals surface area contributed by atoms with Crippen molar-refractivity contribution < 1.29 is 22.7 Å². The first-order valence-corrected chi connectivity index (χ1v) is 10.4. The minimum absolute atomic E-state index is 0.265. The molecule has 0 bridgehead atoms. The van der Waals surface area contributed by atoms with E-state index in [1.807, 2.05) is 0 Å². The number of nitrogens with one attached hydrogen (secondary N) is 2. The molecule has 1 aliphatic rings. The Kier molecular flexibility index (Phi) is 5.82. The fourth-order valence-electron chi connectivity index (χ4n) is 3.41. The second-order valence-corrected chi connectivity index (χ2v) is 8.61. The highest BCUT2D eigenvalue weighted by Crippen LogP contribution is 2.32. The van der Waals surface area contributed by atoms with Crippen LogP contribution in [0.2, 0.25) is 0 Å². The van der Waals surface area contributed by atoms with E-state index in [9.17, 15) is 13.2 Å². The molecule has 0 radical (unpaired) electrons. The summed E-state index contributed by atoms with van der Waals surface area (Å²) in [5, 5.41) is 7.04. The highest BCUT2D eigenvalue weighted by Gasteiger charge is 2.41. The Labute approximate surface area is 170 Å². The molecule has 0 aliphatic carbocycles. The smallest absolute Gasteiger partial charge is 0.280 e. The SMILES string of the molecule is COc1ccc(NC(=O)[C@H]2C[C@@H](c3cn(C)nc3C)NS(=O)(=O)N2C)cc1OC. The highest BCUT2D eigenvalue weighted by atomic mass is 32.2. The lowest BCUT2D eigenvalue weighted by molar-refractivity contribution is -0.120. The molecule has 1 aliphatic heterocycles. The van der Waals surface area contributed by atoms with Gasteiger partial charge in [0.25, 0.3) is 10.2 Å². The molecule has 2 heterocycles. The van der Waals surface area contributed by atoms with E-state index < -0.39 is 28.2 Å². The molecule has 0 unspecified atom stereocenters. The number of aromatic nitrogens is 2.